The van der Waals surface area contributed by atoms with Gasteiger partial charge in [-0.15, -0.1) is 0 Å². The van der Waals surface area contributed by atoms with Crippen LogP contribution >= 0.6 is 0 Å². The van der Waals surface area contributed by atoms with Gasteiger partial charge in [-0.3, -0.25) is 4.79 Å². The lowest BCUT2D eigenvalue weighted by molar-refractivity contribution is -0.137. The molecule has 1 aliphatic heterocycles. The molecule has 0 aliphatic carbocycles. The van der Waals surface area contributed by atoms with Gasteiger partial charge in [0.25, 0.3) is 10.2 Å². The molecule has 0 unspecified atom stereocenters. The summed E-state index contributed by atoms with van der Waals surface area (Å²) in [6, 6.07) is 7.80. The molecule has 1 heterocycles. The number of carboxylic acid groups (broad SMARTS) is 1. The van der Waals surface area contributed by atoms with E-state index in [-0.39, 0.29) is 13.0 Å². The van der Waals surface area contributed by atoms with E-state index >= 15 is 0 Å². The average Bonchev–Trinajstić information content (AvgIpc) is 2.43. The number of rotatable bonds is 6. The highest BCUT2D eigenvalue weighted by Crippen LogP contribution is 2.20. The number of carboxylic acids is 1. The summed E-state index contributed by atoms with van der Waals surface area (Å²) in [6.45, 7) is 0.961. The molecule has 0 amide bonds. The van der Waals surface area contributed by atoms with Crippen LogP contribution in [-0.2, 0) is 28.0 Å². The van der Waals surface area contributed by atoms with Crippen molar-refractivity contribution in [1.82, 2.24) is 9.03 Å². The molecule has 1 aromatic carbocycles. The maximum atomic E-state index is 12.1. The molecule has 0 radical (unpaired) electrons. The molecular weight excluding hydrogens is 280 g/mol. The van der Waals surface area contributed by atoms with Crippen molar-refractivity contribution in [2.24, 2.45) is 0 Å². The quantitative estimate of drug-likeness (QED) is 0.759. The second-order valence-corrected chi connectivity index (χ2v) is 6.50. The van der Waals surface area contributed by atoms with E-state index in [0.717, 1.165) is 5.56 Å². The first kappa shape index (κ1) is 15.0. The Bertz CT molecular complexity index is 586. The molecule has 1 aromatic rings. The number of benzene rings is 1. The minimum Gasteiger partial charge on any atom is -0.481 e. The van der Waals surface area contributed by atoms with Gasteiger partial charge in [0.05, 0.1) is 0 Å². The summed E-state index contributed by atoms with van der Waals surface area (Å²) < 4.78 is 28.1. The van der Waals surface area contributed by atoms with Gasteiger partial charge in [-0.25, -0.2) is 4.72 Å². The Kier molecular flexibility index (Phi) is 4.74. The predicted octanol–water partition coefficient (Wildman–Crippen LogP) is 0.744. The minimum absolute atomic E-state index is 0.0364. The number of hydrogen-bond acceptors (Lipinski definition) is 3. The van der Waals surface area contributed by atoms with Gasteiger partial charge >= 0.3 is 5.97 Å². The van der Waals surface area contributed by atoms with E-state index in [1.54, 1.807) is 0 Å². The molecule has 2 rings (SSSR count). The minimum atomic E-state index is -3.53. The third-order valence-corrected chi connectivity index (χ3v) is 4.85. The standard InChI is InChI=1S/C13H18N2O4S/c16-13(17)6-3-8-14-20(18,19)15-9-7-11-4-1-2-5-12(11)10-15/h1-2,4-5,14H,3,6-10H2,(H,16,17). The van der Waals surface area contributed by atoms with E-state index in [0.29, 0.717) is 25.9 Å². The normalized spacial score (nSPS) is 15.8. The van der Waals surface area contributed by atoms with Crippen LogP contribution in [0.25, 0.3) is 0 Å². The second kappa shape index (κ2) is 6.34. The highest BCUT2D eigenvalue weighted by molar-refractivity contribution is 7.87. The molecule has 0 bridgehead atoms. The van der Waals surface area contributed by atoms with E-state index in [4.69, 9.17) is 5.11 Å². The summed E-state index contributed by atoms with van der Waals surface area (Å²) in [4.78, 5) is 10.4. The maximum Gasteiger partial charge on any atom is 0.303 e. The molecule has 6 nitrogen and oxygen atoms in total. The summed E-state index contributed by atoms with van der Waals surface area (Å²) in [6.07, 6.45) is 0.955. The maximum absolute atomic E-state index is 12.1. The van der Waals surface area contributed by atoms with Gasteiger partial charge in [0, 0.05) is 26.1 Å². The van der Waals surface area contributed by atoms with Crippen LogP contribution in [0.15, 0.2) is 24.3 Å². The first-order valence-corrected chi connectivity index (χ1v) is 7.96. The number of fused-ring (bicyclic) bond motifs is 1. The molecule has 0 saturated carbocycles. The van der Waals surface area contributed by atoms with E-state index in [1.807, 2.05) is 24.3 Å². The molecule has 0 spiro atoms. The molecule has 110 valence electrons. The molecule has 0 fully saturated rings. The Balaban J connectivity index is 1.93. The van der Waals surface area contributed by atoms with Gasteiger partial charge in [0.2, 0.25) is 0 Å². The Labute approximate surface area is 118 Å². The van der Waals surface area contributed by atoms with Gasteiger partial charge in [-0.05, 0) is 24.0 Å². The summed E-state index contributed by atoms with van der Waals surface area (Å²) in [5.41, 5.74) is 2.21. The van der Waals surface area contributed by atoms with Crippen LogP contribution in [0.4, 0.5) is 0 Å². The number of nitrogens with zero attached hydrogens (tertiary/aromatic N) is 1. The predicted molar refractivity (Wildman–Crippen MR) is 74.3 cm³/mol. The number of carbonyl (C=O) groups is 1. The highest BCUT2D eigenvalue weighted by Gasteiger charge is 2.25. The lowest BCUT2D eigenvalue weighted by Gasteiger charge is -2.28. The van der Waals surface area contributed by atoms with Crippen LogP contribution in [0.3, 0.4) is 0 Å². The fraction of sp³-hybridized carbons (Fsp3) is 0.462. The van der Waals surface area contributed by atoms with Gasteiger partial charge in [0.15, 0.2) is 0 Å². The van der Waals surface area contributed by atoms with E-state index in [9.17, 15) is 13.2 Å². The zero-order valence-electron chi connectivity index (χ0n) is 11.1. The van der Waals surface area contributed by atoms with Crippen LogP contribution < -0.4 is 4.72 Å². The van der Waals surface area contributed by atoms with Crippen molar-refractivity contribution < 1.29 is 18.3 Å². The molecule has 0 aromatic heterocycles. The van der Waals surface area contributed by atoms with Crippen molar-refractivity contribution in [3.8, 4) is 0 Å². The SMILES string of the molecule is O=C(O)CCCNS(=O)(=O)N1CCc2ccccc2C1. The largest absolute Gasteiger partial charge is 0.481 e. The fourth-order valence-corrected chi connectivity index (χ4v) is 3.43. The van der Waals surface area contributed by atoms with Gasteiger partial charge in [-0.1, -0.05) is 24.3 Å². The smallest absolute Gasteiger partial charge is 0.303 e. The molecule has 2 N–H and O–H groups in total. The van der Waals surface area contributed by atoms with Gasteiger partial charge in [0.1, 0.15) is 0 Å². The third-order valence-electron chi connectivity index (χ3n) is 3.29. The Hall–Kier alpha value is -1.44. The van der Waals surface area contributed by atoms with Crippen molar-refractivity contribution in [3.63, 3.8) is 0 Å². The van der Waals surface area contributed by atoms with Crippen LogP contribution in [0.1, 0.15) is 24.0 Å². The first-order chi connectivity index (χ1) is 9.49. The summed E-state index contributed by atoms with van der Waals surface area (Å²) in [5.74, 6) is -0.920. The van der Waals surface area contributed by atoms with Gasteiger partial charge < -0.3 is 5.11 Å². The number of aliphatic carboxylic acids is 1. The summed E-state index contributed by atoms with van der Waals surface area (Å²) in [5, 5.41) is 8.51. The van der Waals surface area contributed by atoms with Crippen molar-refractivity contribution >= 4 is 16.2 Å². The topological polar surface area (TPSA) is 86.7 Å². The Morgan fingerprint density at radius 3 is 2.70 bits per heavy atom. The van der Waals surface area contributed by atoms with E-state index in [2.05, 4.69) is 4.72 Å². The van der Waals surface area contributed by atoms with Crippen LogP contribution in [0, 0.1) is 0 Å². The van der Waals surface area contributed by atoms with Crippen LogP contribution in [-0.4, -0.2) is 36.9 Å². The average molecular weight is 298 g/mol. The summed E-state index contributed by atoms with van der Waals surface area (Å²) in [7, 11) is -3.53. The molecule has 20 heavy (non-hydrogen) atoms. The monoisotopic (exact) mass is 298 g/mol. The number of nitrogens with one attached hydrogen (secondary N) is 1. The van der Waals surface area contributed by atoms with Crippen molar-refractivity contribution in [3.05, 3.63) is 35.4 Å². The highest BCUT2D eigenvalue weighted by atomic mass is 32.2. The lowest BCUT2D eigenvalue weighted by Crippen LogP contribution is -2.43. The Morgan fingerprint density at radius 2 is 2.00 bits per heavy atom. The van der Waals surface area contributed by atoms with Crippen LogP contribution in [0.5, 0.6) is 0 Å². The molecule has 1 aliphatic rings. The molecule has 0 atom stereocenters. The van der Waals surface area contributed by atoms with Crippen molar-refractivity contribution in [1.29, 1.82) is 0 Å². The summed E-state index contributed by atoms with van der Waals surface area (Å²) >= 11 is 0. The first-order valence-electron chi connectivity index (χ1n) is 6.52. The van der Waals surface area contributed by atoms with Crippen molar-refractivity contribution in [2.45, 2.75) is 25.8 Å². The van der Waals surface area contributed by atoms with Gasteiger partial charge in [-0.2, -0.15) is 12.7 Å². The number of hydrogen-bond donors (Lipinski definition) is 2. The fourth-order valence-electron chi connectivity index (χ4n) is 2.21. The second-order valence-electron chi connectivity index (χ2n) is 4.75. The lowest BCUT2D eigenvalue weighted by atomic mass is 10.0. The Morgan fingerprint density at radius 1 is 1.30 bits per heavy atom. The van der Waals surface area contributed by atoms with E-state index < -0.39 is 16.2 Å². The zero-order chi connectivity index (χ0) is 14.6. The molecular formula is C13H18N2O4S. The zero-order valence-corrected chi connectivity index (χ0v) is 11.9. The van der Waals surface area contributed by atoms with E-state index in [1.165, 1.54) is 9.87 Å². The molecule has 0 saturated heterocycles. The van der Waals surface area contributed by atoms with Crippen LogP contribution in [0.2, 0.25) is 0 Å². The molecule has 7 heteroatoms. The van der Waals surface area contributed by atoms with Crippen molar-refractivity contribution in [2.75, 3.05) is 13.1 Å². The third kappa shape index (κ3) is 3.78.